The number of benzene rings is 1. The summed E-state index contributed by atoms with van der Waals surface area (Å²) in [5, 5.41) is 3.53. The van der Waals surface area contributed by atoms with Crippen LogP contribution in [0.4, 0.5) is 5.13 Å². The van der Waals surface area contributed by atoms with E-state index in [1.165, 1.54) is 11.3 Å². The maximum atomic E-state index is 11.7. The molecule has 0 aliphatic heterocycles. The lowest BCUT2D eigenvalue weighted by molar-refractivity contribution is -0.116. The van der Waals surface area contributed by atoms with Crippen LogP contribution in [0.1, 0.15) is 25.7 Å². The number of amides is 1. The van der Waals surface area contributed by atoms with Crippen molar-refractivity contribution in [3.63, 3.8) is 0 Å². The number of nitrogens with zero attached hydrogens (tertiary/aromatic N) is 1. The van der Waals surface area contributed by atoms with Crippen molar-refractivity contribution in [2.45, 2.75) is 25.7 Å². The second-order valence-electron chi connectivity index (χ2n) is 4.13. The highest BCUT2D eigenvalue weighted by atomic mass is 32.1. The molecule has 0 aliphatic carbocycles. The smallest absolute Gasteiger partial charge is 0.226 e. The first kappa shape index (κ1) is 13.0. The number of unbranched alkanes of at least 4 members (excludes halogenated alkanes) is 2. The van der Waals surface area contributed by atoms with Gasteiger partial charge in [-0.25, -0.2) is 4.98 Å². The highest BCUT2D eigenvalue weighted by Gasteiger charge is 2.06. The molecule has 4 nitrogen and oxygen atoms in total. The van der Waals surface area contributed by atoms with Crippen LogP contribution < -0.4 is 11.1 Å². The minimum Gasteiger partial charge on any atom is -0.330 e. The Bertz CT molecular complexity index is 491. The molecule has 0 bridgehead atoms. The van der Waals surface area contributed by atoms with Gasteiger partial charge in [-0.1, -0.05) is 29.9 Å². The van der Waals surface area contributed by atoms with E-state index in [2.05, 4.69) is 10.3 Å². The molecule has 0 fully saturated rings. The molecule has 0 aliphatic rings. The zero-order valence-electron chi connectivity index (χ0n) is 10.2. The average molecular weight is 263 g/mol. The van der Waals surface area contributed by atoms with Gasteiger partial charge in [0.1, 0.15) is 0 Å². The van der Waals surface area contributed by atoms with Gasteiger partial charge in [0.15, 0.2) is 5.13 Å². The van der Waals surface area contributed by atoms with Gasteiger partial charge in [0.2, 0.25) is 5.91 Å². The molecular formula is C13H17N3OS. The predicted molar refractivity (Wildman–Crippen MR) is 75.8 cm³/mol. The molecule has 0 spiro atoms. The van der Waals surface area contributed by atoms with E-state index in [-0.39, 0.29) is 5.91 Å². The SMILES string of the molecule is NCCCCCC(=O)Nc1nc2ccccc2s1. The lowest BCUT2D eigenvalue weighted by Crippen LogP contribution is -2.11. The summed E-state index contributed by atoms with van der Waals surface area (Å²) in [5.41, 5.74) is 6.33. The second-order valence-corrected chi connectivity index (χ2v) is 5.16. The van der Waals surface area contributed by atoms with Crippen molar-refractivity contribution in [1.29, 1.82) is 0 Å². The first-order valence-electron chi connectivity index (χ1n) is 6.15. The van der Waals surface area contributed by atoms with E-state index in [0.29, 0.717) is 18.1 Å². The number of thiazole rings is 1. The van der Waals surface area contributed by atoms with Gasteiger partial charge in [-0.3, -0.25) is 4.79 Å². The second kappa shape index (κ2) is 6.47. The molecule has 0 saturated carbocycles. The summed E-state index contributed by atoms with van der Waals surface area (Å²) in [5.74, 6) is 0.0334. The standard InChI is InChI=1S/C13H17N3OS/c14-9-5-1-2-8-12(17)16-13-15-10-6-3-4-7-11(10)18-13/h3-4,6-7H,1-2,5,8-9,14H2,(H,15,16,17). The maximum absolute atomic E-state index is 11.7. The van der Waals surface area contributed by atoms with E-state index in [0.717, 1.165) is 29.5 Å². The largest absolute Gasteiger partial charge is 0.330 e. The average Bonchev–Trinajstić information content (AvgIpc) is 2.76. The molecular weight excluding hydrogens is 246 g/mol. The molecule has 18 heavy (non-hydrogen) atoms. The van der Waals surface area contributed by atoms with Crippen molar-refractivity contribution in [1.82, 2.24) is 4.98 Å². The lowest BCUT2D eigenvalue weighted by Gasteiger charge is -2.00. The Hall–Kier alpha value is -1.46. The summed E-state index contributed by atoms with van der Waals surface area (Å²) in [6, 6.07) is 7.87. The van der Waals surface area contributed by atoms with Crippen LogP contribution in [0.3, 0.4) is 0 Å². The number of carbonyl (C=O) groups excluding carboxylic acids is 1. The van der Waals surface area contributed by atoms with E-state index in [4.69, 9.17) is 5.73 Å². The van der Waals surface area contributed by atoms with E-state index >= 15 is 0 Å². The molecule has 3 N–H and O–H groups in total. The first-order valence-corrected chi connectivity index (χ1v) is 6.97. The Morgan fingerprint density at radius 2 is 2.11 bits per heavy atom. The van der Waals surface area contributed by atoms with Crippen molar-refractivity contribution in [3.8, 4) is 0 Å². The van der Waals surface area contributed by atoms with E-state index in [9.17, 15) is 4.79 Å². The quantitative estimate of drug-likeness (QED) is 0.787. The van der Waals surface area contributed by atoms with Crippen LogP contribution >= 0.6 is 11.3 Å². The number of para-hydroxylation sites is 1. The number of carbonyl (C=O) groups is 1. The van der Waals surface area contributed by atoms with Gasteiger partial charge < -0.3 is 11.1 Å². The van der Waals surface area contributed by atoms with Gasteiger partial charge in [-0.05, 0) is 31.5 Å². The summed E-state index contributed by atoms with van der Waals surface area (Å²) in [6.07, 6.45) is 3.40. The van der Waals surface area contributed by atoms with E-state index in [1.807, 2.05) is 24.3 Å². The third-order valence-corrected chi connectivity index (χ3v) is 3.60. The Morgan fingerprint density at radius 1 is 1.28 bits per heavy atom. The zero-order chi connectivity index (χ0) is 12.8. The van der Waals surface area contributed by atoms with Crippen LogP contribution in [0.5, 0.6) is 0 Å². The summed E-state index contributed by atoms with van der Waals surface area (Å²) in [4.78, 5) is 16.0. The van der Waals surface area contributed by atoms with Crippen LogP contribution in [0.15, 0.2) is 24.3 Å². The normalized spacial score (nSPS) is 10.7. The number of anilines is 1. The monoisotopic (exact) mass is 263 g/mol. The van der Waals surface area contributed by atoms with Crippen LogP contribution in [0.2, 0.25) is 0 Å². The van der Waals surface area contributed by atoms with Crippen molar-refractivity contribution < 1.29 is 4.79 Å². The molecule has 1 aromatic carbocycles. The minimum absolute atomic E-state index is 0.0334. The van der Waals surface area contributed by atoms with Gasteiger partial charge >= 0.3 is 0 Å². The third kappa shape index (κ3) is 3.51. The van der Waals surface area contributed by atoms with E-state index < -0.39 is 0 Å². The topological polar surface area (TPSA) is 68.0 Å². The molecule has 5 heteroatoms. The highest BCUT2D eigenvalue weighted by molar-refractivity contribution is 7.22. The van der Waals surface area contributed by atoms with Gasteiger partial charge in [-0.2, -0.15) is 0 Å². The number of nitrogens with one attached hydrogen (secondary N) is 1. The Labute approximate surface area is 110 Å². The molecule has 0 atom stereocenters. The lowest BCUT2D eigenvalue weighted by atomic mass is 10.2. The van der Waals surface area contributed by atoms with Gasteiger partial charge in [0.25, 0.3) is 0 Å². The fourth-order valence-corrected chi connectivity index (χ4v) is 2.60. The summed E-state index contributed by atoms with van der Waals surface area (Å²) in [6.45, 7) is 0.694. The summed E-state index contributed by atoms with van der Waals surface area (Å²) in [7, 11) is 0. The minimum atomic E-state index is 0.0334. The Balaban J connectivity index is 1.86. The maximum Gasteiger partial charge on any atom is 0.226 e. The van der Waals surface area contributed by atoms with Crippen molar-refractivity contribution >= 4 is 32.6 Å². The molecule has 1 aromatic heterocycles. The number of hydrogen-bond donors (Lipinski definition) is 2. The van der Waals surface area contributed by atoms with Crippen LogP contribution in [0, 0.1) is 0 Å². The van der Waals surface area contributed by atoms with Gasteiger partial charge in [-0.15, -0.1) is 0 Å². The third-order valence-electron chi connectivity index (χ3n) is 2.65. The number of hydrogen-bond acceptors (Lipinski definition) is 4. The molecule has 0 unspecified atom stereocenters. The molecule has 1 amide bonds. The first-order chi connectivity index (χ1) is 8.79. The summed E-state index contributed by atoms with van der Waals surface area (Å²) >= 11 is 1.51. The van der Waals surface area contributed by atoms with Crippen LogP contribution in [-0.2, 0) is 4.79 Å². The number of aromatic nitrogens is 1. The van der Waals surface area contributed by atoms with Crippen LogP contribution in [-0.4, -0.2) is 17.4 Å². The number of fused-ring (bicyclic) bond motifs is 1. The van der Waals surface area contributed by atoms with Crippen molar-refractivity contribution in [2.75, 3.05) is 11.9 Å². The van der Waals surface area contributed by atoms with Crippen molar-refractivity contribution in [2.24, 2.45) is 5.73 Å². The molecule has 0 radical (unpaired) electrons. The number of nitrogens with two attached hydrogens (primary N) is 1. The van der Waals surface area contributed by atoms with Crippen molar-refractivity contribution in [3.05, 3.63) is 24.3 Å². The Morgan fingerprint density at radius 3 is 2.89 bits per heavy atom. The fraction of sp³-hybridized carbons (Fsp3) is 0.385. The highest BCUT2D eigenvalue weighted by Crippen LogP contribution is 2.25. The predicted octanol–water partition coefficient (Wildman–Crippen LogP) is 2.75. The number of rotatable bonds is 6. The Kier molecular flexibility index (Phi) is 4.66. The van der Waals surface area contributed by atoms with E-state index in [1.54, 1.807) is 0 Å². The van der Waals surface area contributed by atoms with Crippen LogP contribution in [0.25, 0.3) is 10.2 Å². The molecule has 96 valence electrons. The molecule has 0 saturated heterocycles. The molecule has 2 aromatic rings. The molecule has 2 rings (SSSR count). The fourth-order valence-electron chi connectivity index (χ4n) is 1.71. The van der Waals surface area contributed by atoms with Gasteiger partial charge in [0, 0.05) is 6.42 Å². The molecule has 1 heterocycles. The zero-order valence-corrected chi connectivity index (χ0v) is 11.0. The summed E-state index contributed by atoms with van der Waals surface area (Å²) < 4.78 is 1.09. The van der Waals surface area contributed by atoms with Gasteiger partial charge in [0.05, 0.1) is 10.2 Å².